The molecule has 0 radical (unpaired) electrons. The molecule has 1 rings (SSSR count). The van der Waals surface area contributed by atoms with Crippen LogP contribution in [0.5, 0.6) is 0 Å². The van der Waals surface area contributed by atoms with Crippen molar-refractivity contribution in [1.82, 2.24) is 10.8 Å². The van der Waals surface area contributed by atoms with E-state index in [4.69, 9.17) is 21.8 Å². The molecule has 0 heterocycles. The van der Waals surface area contributed by atoms with Crippen LogP contribution in [0.2, 0.25) is 0 Å². The molecular formula is C25H41N5O5. The van der Waals surface area contributed by atoms with Crippen molar-refractivity contribution in [3.8, 4) is 0 Å². The first kappa shape index (κ1) is 29.9. The van der Waals surface area contributed by atoms with Crippen LogP contribution in [-0.2, 0) is 27.3 Å². The largest absolute Gasteiger partial charge is 0.481 e. The fourth-order valence-electron chi connectivity index (χ4n) is 3.92. The summed E-state index contributed by atoms with van der Waals surface area (Å²) in [4.78, 5) is 38.9. The van der Waals surface area contributed by atoms with E-state index in [1.54, 1.807) is 12.4 Å². The van der Waals surface area contributed by atoms with Crippen LogP contribution in [0.1, 0.15) is 82.3 Å². The molecule has 0 aliphatic carbocycles. The summed E-state index contributed by atoms with van der Waals surface area (Å²) in [5, 5.41) is 20.3. The summed E-state index contributed by atoms with van der Waals surface area (Å²) in [6.07, 6.45) is 8.48. The number of benzene rings is 1. The van der Waals surface area contributed by atoms with Crippen LogP contribution in [-0.4, -0.2) is 40.1 Å². The molecule has 1 aromatic rings. The lowest BCUT2D eigenvalue weighted by atomic mass is 9.95. The Morgan fingerprint density at radius 2 is 1.54 bits per heavy atom. The number of carbonyl (C=O) groups is 3. The predicted molar refractivity (Wildman–Crippen MR) is 134 cm³/mol. The number of nitrogens with zero attached hydrogens (tertiary/aromatic N) is 1. The Kier molecular flexibility index (Phi) is 14.8. The van der Waals surface area contributed by atoms with Crippen LogP contribution in [0, 0.1) is 5.92 Å². The van der Waals surface area contributed by atoms with Gasteiger partial charge in [0.2, 0.25) is 5.91 Å². The maximum absolute atomic E-state index is 12.2. The molecule has 0 aliphatic heterocycles. The third-order valence-electron chi connectivity index (χ3n) is 5.99. The molecule has 0 aliphatic rings. The second kappa shape index (κ2) is 17.3. The Morgan fingerprint density at radius 3 is 2.14 bits per heavy atom. The summed E-state index contributed by atoms with van der Waals surface area (Å²) in [7, 11) is 0. The van der Waals surface area contributed by atoms with Gasteiger partial charge in [0.15, 0.2) is 5.96 Å². The number of carboxylic acids is 1. The first-order valence-corrected chi connectivity index (χ1v) is 12.3. The molecule has 2 amide bonds. The van der Waals surface area contributed by atoms with Crippen LogP contribution in [0.3, 0.4) is 0 Å². The van der Waals surface area contributed by atoms with Crippen molar-refractivity contribution in [2.24, 2.45) is 22.4 Å². The summed E-state index contributed by atoms with van der Waals surface area (Å²) >= 11 is 0. The molecule has 0 bridgehead atoms. The number of carboxylic acid groups (broad SMARTS) is 1. The van der Waals surface area contributed by atoms with Crippen molar-refractivity contribution in [2.75, 3.05) is 0 Å². The van der Waals surface area contributed by atoms with Crippen molar-refractivity contribution in [2.45, 2.75) is 90.1 Å². The van der Waals surface area contributed by atoms with Crippen molar-refractivity contribution >= 4 is 23.7 Å². The average Bonchev–Trinajstić information content (AvgIpc) is 2.83. The Labute approximate surface area is 207 Å². The summed E-state index contributed by atoms with van der Waals surface area (Å²) < 4.78 is 0. The van der Waals surface area contributed by atoms with Crippen molar-refractivity contribution in [1.29, 1.82) is 0 Å². The maximum Gasteiger partial charge on any atom is 0.303 e. The SMILES string of the molecule is CC(CCC(=O)O)C(NC(=O)CCCCCCCCCc1ccccc1CN=C(N)N)C(=O)NO. The van der Waals surface area contributed by atoms with Gasteiger partial charge in [0.05, 0.1) is 6.54 Å². The quantitative estimate of drug-likeness (QED) is 0.0600. The molecule has 0 spiro atoms. The highest BCUT2D eigenvalue weighted by molar-refractivity contribution is 5.87. The monoisotopic (exact) mass is 491 g/mol. The number of nitrogens with two attached hydrogens (primary N) is 2. The van der Waals surface area contributed by atoms with Gasteiger partial charge in [-0.1, -0.05) is 63.3 Å². The number of aryl methyl sites for hydroxylation is 1. The van der Waals surface area contributed by atoms with Gasteiger partial charge in [-0.3, -0.25) is 19.6 Å². The Balaban J connectivity index is 2.21. The van der Waals surface area contributed by atoms with Gasteiger partial charge >= 0.3 is 5.97 Å². The zero-order valence-electron chi connectivity index (χ0n) is 20.7. The third-order valence-corrected chi connectivity index (χ3v) is 5.99. The molecule has 0 saturated heterocycles. The number of aliphatic carboxylic acids is 1. The number of hydroxylamine groups is 1. The molecule has 8 N–H and O–H groups in total. The van der Waals surface area contributed by atoms with E-state index in [9.17, 15) is 14.4 Å². The Bertz CT molecular complexity index is 826. The number of unbranched alkanes of at least 4 members (excludes halogenated alkanes) is 6. The number of hydrogen-bond acceptors (Lipinski definition) is 5. The fourth-order valence-corrected chi connectivity index (χ4v) is 3.92. The molecular weight excluding hydrogens is 450 g/mol. The van der Waals surface area contributed by atoms with Gasteiger partial charge in [0.1, 0.15) is 6.04 Å². The Hall–Kier alpha value is -3.14. The highest BCUT2D eigenvalue weighted by Crippen LogP contribution is 2.16. The van der Waals surface area contributed by atoms with Gasteiger partial charge in [-0.05, 0) is 42.7 Å². The van der Waals surface area contributed by atoms with Gasteiger partial charge in [0.25, 0.3) is 5.91 Å². The zero-order chi connectivity index (χ0) is 26.1. The van der Waals surface area contributed by atoms with E-state index in [1.165, 1.54) is 5.56 Å². The van der Waals surface area contributed by atoms with E-state index < -0.39 is 23.8 Å². The second-order valence-electron chi connectivity index (χ2n) is 8.92. The first-order chi connectivity index (χ1) is 16.7. The molecule has 0 saturated carbocycles. The number of aliphatic imine (C=N–C) groups is 1. The molecule has 35 heavy (non-hydrogen) atoms. The summed E-state index contributed by atoms with van der Waals surface area (Å²) in [6.45, 7) is 2.17. The molecule has 10 nitrogen and oxygen atoms in total. The summed E-state index contributed by atoms with van der Waals surface area (Å²) in [5.74, 6) is -2.31. The number of carbonyl (C=O) groups excluding carboxylic acids is 2. The van der Waals surface area contributed by atoms with E-state index in [0.717, 1.165) is 50.5 Å². The minimum atomic E-state index is -0.973. The van der Waals surface area contributed by atoms with Gasteiger partial charge in [-0.25, -0.2) is 10.5 Å². The summed E-state index contributed by atoms with van der Waals surface area (Å²) in [6, 6.07) is 7.22. The maximum atomic E-state index is 12.2. The van der Waals surface area contributed by atoms with Gasteiger partial charge in [0, 0.05) is 12.8 Å². The average molecular weight is 492 g/mol. The number of guanidine groups is 1. The molecule has 10 heteroatoms. The number of nitrogens with one attached hydrogen (secondary N) is 2. The Morgan fingerprint density at radius 1 is 0.943 bits per heavy atom. The van der Waals surface area contributed by atoms with Gasteiger partial charge < -0.3 is 21.9 Å². The smallest absolute Gasteiger partial charge is 0.303 e. The van der Waals surface area contributed by atoms with Gasteiger partial charge in [-0.15, -0.1) is 0 Å². The van der Waals surface area contributed by atoms with Crippen LogP contribution >= 0.6 is 0 Å². The molecule has 196 valence electrons. The highest BCUT2D eigenvalue weighted by Gasteiger charge is 2.26. The predicted octanol–water partition coefficient (Wildman–Crippen LogP) is 2.61. The van der Waals surface area contributed by atoms with Crippen molar-refractivity contribution < 1.29 is 24.7 Å². The van der Waals surface area contributed by atoms with E-state index in [2.05, 4.69) is 16.4 Å². The van der Waals surface area contributed by atoms with Crippen LogP contribution in [0.15, 0.2) is 29.3 Å². The standard InChI is InChI=1S/C25H41N5O5/c1-18(15-16-22(32)33)23(24(34)30-35)29-21(31)14-8-6-4-2-3-5-7-11-19-12-9-10-13-20(19)17-28-25(26)27/h9-10,12-13,18,23,35H,2-8,11,14-17H2,1H3,(H,29,31)(H,30,34)(H,32,33)(H4,26,27,28). The minimum absolute atomic E-state index is 0.0954. The molecule has 1 aromatic carbocycles. The number of hydrogen-bond donors (Lipinski definition) is 6. The van der Waals surface area contributed by atoms with Gasteiger partial charge in [-0.2, -0.15) is 0 Å². The lowest BCUT2D eigenvalue weighted by molar-refractivity contribution is -0.139. The van der Waals surface area contributed by atoms with E-state index in [0.29, 0.717) is 13.0 Å². The van der Waals surface area contributed by atoms with Crippen LogP contribution in [0.4, 0.5) is 0 Å². The van der Waals surface area contributed by atoms with Crippen molar-refractivity contribution in [3.05, 3.63) is 35.4 Å². The van der Waals surface area contributed by atoms with E-state index in [-0.39, 0.29) is 31.1 Å². The first-order valence-electron chi connectivity index (χ1n) is 12.3. The molecule has 0 fully saturated rings. The minimum Gasteiger partial charge on any atom is -0.481 e. The lowest BCUT2D eigenvalue weighted by Gasteiger charge is -2.22. The zero-order valence-corrected chi connectivity index (χ0v) is 20.7. The third kappa shape index (κ3) is 13.4. The topological polar surface area (TPSA) is 180 Å². The second-order valence-corrected chi connectivity index (χ2v) is 8.92. The number of amides is 2. The van der Waals surface area contributed by atoms with Crippen LogP contribution in [0.25, 0.3) is 0 Å². The normalized spacial score (nSPS) is 12.4. The van der Waals surface area contributed by atoms with Crippen LogP contribution < -0.4 is 22.3 Å². The summed E-state index contributed by atoms with van der Waals surface area (Å²) in [5.41, 5.74) is 14.8. The number of rotatable bonds is 18. The molecule has 2 atom stereocenters. The fraction of sp³-hybridized carbons (Fsp3) is 0.600. The molecule has 2 unspecified atom stereocenters. The van der Waals surface area contributed by atoms with E-state index >= 15 is 0 Å². The lowest BCUT2D eigenvalue weighted by Crippen LogP contribution is -2.49. The van der Waals surface area contributed by atoms with E-state index in [1.807, 2.05) is 18.2 Å². The van der Waals surface area contributed by atoms with Crippen molar-refractivity contribution in [3.63, 3.8) is 0 Å². The molecule has 0 aromatic heterocycles. The highest BCUT2D eigenvalue weighted by atomic mass is 16.5.